The molecule has 12 nitrogen and oxygen atoms in total. The highest BCUT2D eigenvalue weighted by molar-refractivity contribution is 5.66. The van der Waals surface area contributed by atoms with E-state index in [1.54, 1.807) is 0 Å². The van der Waals surface area contributed by atoms with E-state index in [-0.39, 0.29) is 0 Å². The Morgan fingerprint density at radius 2 is 1.35 bits per heavy atom. The Kier molecular flexibility index (Phi) is 7.27. The maximum Gasteiger partial charge on any atom is 0.305 e. The van der Waals surface area contributed by atoms with E-state index in [1.165, 1.54) is 0 Å². The smallest absolute Gasteiger partial charge is 0.305 e. The number of aliphatic hydroxyl groups excluding tert-OH is 7. The van der Waals surface area contributed by atoms with Crippen molar-refractivity contribution in [2.75, 3.05) is 13.2 Å². The molecule has 10 atom stereocenters. The normalized spacial score (nSPS) is 46.8. The first kappa shape index (κ1) is 21.4. The Balaban J connectivity index is 2.12. The zero-order valence-electron chi connectivity index (χ0n) is 13.9. The summed E-state index contributed by atoms with van der Waals surface area (Å²) in [6.07, 6.45) is -15.6. The second-order valence-electron chi connectivity index (χ2n) is 6.11. The molecule has 2 aliphatic rings. The van der Waals surface area contributed by atoms with Crippen LogP contribution in [-0.2, 0) is 23.7 Å². The minimum Gasteiger partial charge on any atom is -0.433 e. The second-order valence-corrected chi connectivity index (χ2v) is 6.11. The molecule has 0 bridgehead atoms. The minimum absolute atomic E-state index is 0.685. The molecule has 0 amide bonds. The first-order valence-electron chi connectivity index (χ1n) is 7.96. The molecule has 7 N–H and O–H groups in total. The molecule has 152 valence electrons. The summed E-state index contributed by atoms with van der Waals surface area (Å²) in [6, 6.07) is 0. The van der Waals surface area contributed by atoms with Crippen LogP contribution in [0.4, 0.5) is 0 Å². The second kappa shape index (κ2) is 8.84. The van der Waals surface area contributed by atoms with E-state index >= 15 is 0 Å². The van der Waals surface area contributed by atoms with Gasteiger partial charge in [-0.05, 0) is 0 Å². The van der Waals surface area contributed by atoms with Crippen LogP contribution in [0, 0.1) is 0 Å². The zero-order chi connectivity index (χ0) is 19.6. The molecule has 12 heteroatoms. The van der Waals surface area contributed by atoms with Crippen molar-refractivity contribution in [2.45, 2.75) is 68.3 Å². The van der Waals surface area contributed by atoms with Gasteiger partial charge < -0.3 is 54.7 Å². The average molecular weight is 384 g/mol. The summed E-state index contributed by atoms with van der Waals surface area (Å²) in [5.74, 6) is -0.786. The molecule has 0 saturated carbocycles. The minimum atomic E-state index is -1.75. The van der Waals surface area contributed by atoms with Crippen molar-refractivity contribution < 1.29 is 59.5 Å². The fraction of sp³-hybridized carbons (Fsp3) is 0.929. The van der Waals surface area contributed by atoms with E-state index in [4.69, 9.17) is 24.1 Å². The Bertz CT molecular complexity index is 471. The quantitative estimate of drug-likeness (QED) is 0.224. The van der Waals surface area contributed by atoms with Gasteiger partial charge in [0.25, 0.3) is 0 Å². The van der Waals surface area contributed by atoms with Crippen LogP contribution in [0.2, 0.25) is 0 Å². The molecule has 0 radical (unpaired) electrons. The van der Waals surface area contributed by atoms with Crippen molar-refractivity contribution >= 4 is 5.97 Å². The fourth-order valence-corrected chi connectivity index (χ4v) is 2.82. The standard InChI is InChI=1S/C14H24O12/c1-4(17)23-13-11(22)9(20)12(6(3-16)25-13)26-14-10(21)8(19)7(18)5(2-15)24-14/h5-16,18-22H,2-3H2,1H3. The molecule has 0 aromatic heterocycles. The number of ether oxygens (including phenoxy) is 4. The van der Waals surface area contributed by atoms with Crippen LogP contribution in [0.3, 0.4) is 0 Å². The highest BCUT2D eigenvalue weighted by Gasteiger charge is 2.51. The Morgan fingerprint density at radius 1 is 0.808 bits per heavy atom. The third-order valence-corrected chi connectivity index (χ3v) is 4.24. The zero-order valence-corrected chi connectivity index (χ0v) is 13.9. The van der Waals surface area contributed by atoms with Crippen LogP contribution < -0.4 is 0 Å². The van der Waals surface area contributed by atoms with E-state index < -0.39 is 80.6 Å². The molecular weight excluding hydrogens is 360 g/mol. The van der Waals surface area contributed by atoms with Crippen LogP contribution in [0.15, 0.2) is 0 Å². The predicted molar refractivity (Wildman–Crippen MR) is 78.2 cm³/mol. The van der Waals surface area contributed by atoms with Gasteiger partial charge in [-0.3, -0.25) is 4.79 Å². The number of esters is 1. The lowest BCUT2D eigenvalue weighted by Gasteiger charge is -2.45. The van der Waals surface area contributed by atoms with Gasteiger partial charge >= 0.3 is 5.97 Å². The third-order valence-electron chi connectivity index (χ3n) is 4.24. The number of carbonyl (C=O) groups is 1. The first-order chi connectivity index (χ1) is 12.2. The van der Waals surface area contributed by atoms with Crippen LogP contribution in [-0.4, -0.2) is 116 Å². The third kappa shape index (κ3) is 4.31. The molecule has 2 heterocycles. The van der Waals surface area contributed by atoms with Gasteiger partial charge in [0.15, 0.2) is 6.29 Å². The lowest BCUT2D eigenvalue weighted by atomic mass is 9.97. The van der Waals surface area contributed by atoms with E-state index in [0.29, 0.717) is 0 Å². The van der Waals surface area contributed by atoms with Crippen molar-refractivity contribution in [3.63, 3.8) is 0 Å². The van der Waals surface area contributed by atoms with Crippen molar-refractivity contribution in [3.8, 4) is 0 Å². The lowest BCUT2D eigenvalue weighted by molar-refractivity contribution is -0.355. The Labute approximate surface area is 148 Å². The monoisotopic (exact) mass is 384 g/mol. The molecule has 10 unspecified atom stereocenters. The SMILES string of the molecule is CC(=O)OC1OC(CO)C(OC2OC(CO)C(O)C(O)C2O)C(O)C1O. The van der Waals surface area contributed by atoms with Crippen LogP contribution in [0.5, 0.6) is 0 Å². The molecule has 0 aromatic carbocycles. The van der Waals surface area contributed by atoms with Crippen molar-refractivity contribution in [2.24, 2.45) is 0 Å². The van der Waals surface area contributed by atoms with E-state index in [2.05, 4.69) is 0 Å². The number of hydrogen-bond acceptors (Lipinski definition) is 12. The van der Waals surface area contributed by atoms with Crippen molar-refractivity contribution in [1.29, 1.82) is 0 Å². The fourth-order valence-electron chi connectivity index (χ4n) is 2.82. The molecule has 2 aliphatic heterocycles. The van der Waals surface area contributed by atoms with Gasteiger partial charge in [-0.15, -0.1) is 0 Å². The van der Waals surface area contributed by atoms with Crippen LogP contribution >= 0.6 is 0 Å². The molecule has 2 rings (SSSR count). The molecule has 0 aliphatic carbocycles. The Morgan fingerprint density at radius 3 is 1.88 bits per heavy atom. The molecule has 2 saturated heterocycles. The van der Waals surface area contributed by atoms with Crippen LogP contribution in [0.1, 0.15) is 6.92 Å². The van der Waals surface area contributed by atoms with Gasteiger partial charge in [0.1, 0.15) is 48.8 Å². The largest absolute Gasteiger partial charge is 0.433 e. The molecular formula is C14H24O12. The van der Waals surface area contributed by atoms with Gasteiger partial charge in [-0.2, -0.15) is 0 Å². The molecule has 0 spiro atoms. The van der Waals surface area contributed by atoms with Gasteiger partial charge in [0.05, 0.1) is 13.2 Å². The average Bonchev–Trinajstić information content (AvgIpc) is 2.60. The summed E-state index contributed by atoms with van der Waals surface area (Å²) in [5, 5.41) is 68.3. The number of aliphatic hydroxyl groups is 7. The van der Waals surface area contributed by atoms with Gasteiger partial charge in [-0.1, -0.05) is 0 Å². The van der Waals surface area contributed by atoms with Crippen LogP contribution in [0.25, 0.3) is 0 Å². The van der Waals surface area contributed by atoms with Gasteiger partial charge in [-0.25, -0.2) is 0 Å². The summed E-state index contributed by atoms with van der Waals surface area (Å²) in [6.45, 7) is -0.328. The Hall–Kier alpha value is -0.930. The van der Waals surface area contributed by atoms with E-state index in [9.17, 15) is 35.4 Å². The summed E-state index contributed by atoms with van der Waals surface area (Å²) in [7, 11) is 0. The summed E-state index contributed by atoms with van der Waals surface area (Å²) < 4.78 is 20.4. The maximum absolute atomic E-state index is 11.0. The summed E-state index contributed by atoms with van der Waals surface area (Å²) >= 11 is 0. The first-order valence-corrected chi connectivity index (χ1v) is 7.96. The predicted octanol–water partition coefficient (Wildman–Crippen LogP) is -4.83. The summed E-state index contributed by atoms with van der Waals surface area (Å²) in [4.78, 5) is 11.0. The topological polar surface area (TPSA) is 196 Å². The van der Waals surface area contributed by atoms with E-state index in [1.807, 2.05) is 0 Å². The highest BCUT2D eigenvalue weighted by Crippen LogP contribution is 2.29. The maximum atomic E-state index is 11.0. The number of rotatable bonds is 5. The number of hydrogen-bond donors (Lipinski definition) is 7. The summed E-state index contributed by atoms with van der Waals surface area (Å²) in [5.41, 5.74) is 0. The van der Waals surface area contributed by atoms with Gasteiger partial charge in [0.2, 0.25) is 6.29 Å². The lowest BCUT2D eigenvalue weighted by Crippen LogP contribution is -2.64. The molecule has 2 fully saturated rings. The molecule has 26 heavy (non-hydrogen) atoms. The van der Waals surface area contributed by atoms with Crippen molar-refractivity contribution in [3.05, 3.63) is 0 Å². The highest BCUT2D eigenvalue weighted by atomic mass is 16.7. The van der Waals surface area contributed by atoms with Crippen molar-refractivity contribution in [1.82, 2.24) is 0 Å². The van der Waals surface area contributed by atoms with E-state index in [0.717, 1.165) is 6.92 Å². The molecule has 0 aromatic rings. The van der Waals surface area contributed by atoms with Gasteiger partial charge in [0, 0.05) is 6.92 Å². The number of carbonyl (C=O) groups excluding carboxylic acids is 1.